The Morgan fingerprint density at radius 3 is 1.76 bits per heavy atom. The summed E-state index contributed by atoms with van der Waals surface area (Å²) in [5, 5.41) is 5.13. The molecule has 0 aromatic rings. The van der Waals surface area contributed by atoms with E-state index < -0.39 is 11.7 Å². The highest BCUT2D eigenvalue weighted by atomic mass is 16.6. The van der Waals surface area contributed by atoms with Crippen molar-refractivity contribution in [2.45, 2.75) is 59.7 Å². The lowest BCUT2D eigenvalue weighted by atomic mass is 10.2. The van der Waals surface area contributed by atoms with Crippen LogP contribution in [0.4, 0.5) is 4.79 Å². The number of rotatable bonds is 1. The van der Waals surface area contributed by atoms with E-state index in [4.69, 9.17) is 9.47 Å². The molecule has 100 valence electrons. The number of hydrogen-bond donors (Lipinski definition) is 0. The lowest BCUT2D eigenvalue weighted by molar-refractivity contribution is 0.0285. The minimum atomic E-state index is -0.528. The first kappa shape index (κ1) is 15.7. The highest BCUT2D eigenvalue weighted by Gasteiger charge is 2.20. The van der Waals surface area contributed by atoms with Crippen molar-refractivity contribution in [2.75, 3.05) is 7.05 Å². The molecule has 0 aromatic carbocycles. The first-order chi connectivity index (χ1) is 7.41. The van der Waals surface area contributed by atoms with Crippen LogP contribution in [0.2, 0.25) is 0 Å². The molecule has 0 radical (unpaired) electrons. The standard InChI is InChI=1S/C12H24N2O3/c1-9(16-11(2,3)4)13-14(8)10(15)17-12(5,6)7/h1-8H3. The van der Waals surface area contributed by atoms with Gasteiger partial charge >= 0.3 is 6.09 Å². The fraction of sp³-hybridized carbons (Fsp3) is 0.833. The molecule has 0 aromatic heterocycles. The van der Waals surface area contributed by atoms with Gasteiger partial charge in [-0.2, -0.15) is 5.01 Å². The number of nitrogens with zero attached hydrogens (tertiary/aromatic N) is 2. The lowest BCUT2D eigenvalue weighted by Crippen LogP contribution is -2.32. The van der Waals surface area contributed by atoms with Crippen molar-refractivity contribution in [3.63, 3.8) is 0 Å². The second kappa shape index (κ2) is 5.38. The summed E-state index contributed by atoms with van der Waals surface area (Å²) in [5.41, 5.74) is -0.859. The van der Waals surface area contributed by atoms with E-state index in [1.165, 1.54) is 7.05 Å². The van der Waals surface area contributed by atoms with E-state index in [-0.39, 0.29) is 5.60 Å². The Morgan fingerprint density at radius 1 is 1.00 bits per heavy atom. The molecule has 0 aliphatic heterocycles. The van der Waals surface area contributed by atoms with E-state index in [0.29, 0.717) is 5.90 Å². The van der Waals surface area contributed by atoms with Crippen LogP contribution in [0.15, 0.2) is 5.10 Å². The van der Waals surface area contributed by atoms with E-state index in [1.54, 1.807) is 27.7 Å². The van der Waals surface area contributed by atoms with Crippen molar-refractivity contribution >= 4 is 12.0 Å². The SMILES string of the molecule is CC(=NN(C)C(=O)OC(C)(C)C)OC(C)(C)C. The third-order valence-corrected chi connectivity index (χ3v) is 1.40. The zero-order chi connectivity index (χ0) is 13.9. The highest BCUT2D eigenvalue weighted by Crippen LogP contribution is 2.11. The number of ether oxygens (including phenoxy) is 2. The van der Waals surface area contributed by atoms with Crippen molar-refractivity contribution < 1.29 is 14.3 Å². The van der Waals surface area contributed by atoms with Gasteiger partial charge in [-0.05, 0) is 41.5 Å². The van der Waals surface area contributed by atoms with Crippen LogP contribution in [0.5, 0.6) is 0 Å². The summed E-state index contributed by atoms with van der Waals surface area (Å²) in [5.74, 6) is 0.422. The van der Waals surface area contributed by atoms with Crippen molar-refractivity contribution in [3.05, 3.63) is 0 Å². The van der Waals surface area contributed by atoms with Gasteiger partial charge in [0.1, 0.15) is 11.2 Å². The molecule has 0 saturated carbocycles. The molecule has 5 nitrogen and oxygen atoms in total. The molecule has 5 heteroatoms. The van der Waals surface area contributed by atoms with Crippen LogP contribution in [0.3, 0.4) is 0 Å². The first-order valence-electron chi connectivity index (χ1n) is 5.62. The Labute approximate surface area is 104 Å². The van der Waals surface area contributed by atoms with Crippen LogP contribution in [-0.2, 0) is 9.47 Å². The maximum atomic E-state index is 11.6. The van der Waals surface area contributed by atoms with Crippen LogP contribution < -0.4 is 0 Å². The summed E-state index contributed by atoms with van der Waals surface area (Å²) in [6, 6.07) is 0. The molecule has 0 atom stereocenters. The molecule has 1 amide bonds. The number of hydrazone groups is 1. The van der Waals surface area contributed by atoms with Gasteiger partial charge in [-0.15, -0.1) is 5.10 Å². The average Bonchev–Trinajstić information content (AvgIpc) is 1.95. The maximum Gasteiger partial charge on any atom is 0.430 e. The Balaban J connectivity index is 4.47. The first-order valence-corrected chi connectivity index (χ1v) is 5.62. The van der Waals surface area contributed by atoms with Crippen LogP contribution in [0.25, 0.3) is 0 Å². The van der Waals surface area contributed by atoms with Crippen molar-refractivity contribution in [1.29, 1.82) is 0 Å². The second-order valence-electron chi connectivity index (χ2n) is 5.84. The van der Waals surface area contributed by atoms with Crippen LogP contribution in [-0.4, -0.2) is 35.2 Å². The maximum absolute atomic E-state index is 11.6. The predicted molar refractivity (Wildman–Crippen MR) is 67.9 cm³/mol. The monoisotopic (exact) mass is 244 g/mol. The molecule has 0 aliphatic rings. The van der Waals surface area contributed by atoms with Gasteiger partial charge in [0.25, 0.3) is 0 Å². The van der Waals surface area contributed by atoms with Gasteiger partial charge in [0, 0.05) is 14.0 Å². The van der Waals surface area contributed by atoms with Crippen molar-refractivity contribution in [3.8, 4) is 0 Å². The van der Waals surface area contributed by atoms with Gasteiger partial charge < -0.3 is 9.47 Å². The molecule has 0 spiro atoms. The minimum absolute atomic E-state index is 0.331. The quantitative estimate of drug-likeness (QED) is 0.405. The Morgan fingerprint density at radius 2 is 1.41 bits per heavy atom. The zero-order valence-electron chi connectivity index (χ0n) is 12.1. The van der Waals surface area contributed by atoms with Crippen LogP contribution in [0, 0.1) is 0 Å². The third-order valence-electron chi connectivity index (χ3n) is 1.40. The number of amides is 1. The molecule has 17 heavy (non-hydrogen) atoms. The summed E-state index contributed by atoms with van der Waals surface area (Å²) in [6.07, 6.45) is -0.505. The topological polar surface area (TPSA) is 51.1 Å². The molecule has 0 bridgehead atoms. The fourth-order valence-electron chi connectivity index (χ4n) is 1.04. The lowest BCUT2D eigenvalue weighted by Gasteiger charge is -2.24. The molecule has 0 aliphatic carbocycles. The van der Waals surface area contributed by atoms with E-state index in [0.717, 1.165) is 5.01 Å². The molecule has 0 N–H and O–H groups in total. The number of hydrogen-bond acceptors (Lipinski definition) is 4. The second-order valence-corrected chi connectivity index (χ2v) is 5.84. The van der Waals surface area contributed by atoms with Crippen molar-refractivity contribution in [2.24, 2.45) is 5.10 Å². The summed E-state index contributed by atoms with van der Waals surface area (Å²) in [4.78, 5) is 11.6. The Hall–Kier alpha value is -1.26. The summed E-state index contributed by atoms with van der Waals surface area (Å²) >= 11 is 0. The largest absolute Gasteiger partial charge is 0.474 e. The van der Waals surface area contributed by atoms with E-state index in [9.17, 15) is 4.79 Å². The van der Waals surface area contributed by atoms with Gasteiger partial charge in [0.15, 0.2) is 0 Å². The average molecular weight is 244 g/mol. The van der Waals surface area contributed by atoms with E-state index >= 15 is 0 Å². The molecule has 0 fully saturated rings. The normalized spacial score (nSPS) is 13.3. The smallest absolute Gasteiger partial charge is 0.430 e. The molecular weight excluding hydrogens is 220 g/mol. The Bertz CT molecular complexity index is 298. The molecule has 0 saturated heterocycles. The summed E-state index contributed by atoms with van der Waals surface area (Å²) in [6.45, 7) is 12.9. The van der Waals surface area contributed by atoms with Crippen LogP contribution in [0.1, 0.15) is 48.5 Å². The van der Waals surface area contributed by atoms with E-state index in [1.807, 2.05) is 20.8 Å². The van der Waals surface area contributed by atoms with Gasteiger partial charge in [-0.25, -0.2) is 4.79 Å². The summed E-state index contributed by atoms with van der Waals surface area (Å²) < 4.78 is 10.6. The van der Waals surface area contributed by atoms with Gasteiger partial charge in [-0.1, -0.05) is 0 Å². The van der Waals surface area contributed by atoms with Crippen LogP contribution >= 0.6 is 0 Å². The molecule has 0 rings (SSSR count). The highest BCUT2D eigenvalue weighted by molar-refractivity contribution is 5.76. The number of carbonyl (C=O) groups excluding carboxylic acids is 1. The molecular formula is C12H24N2O3. The minimum Gasteiger partial charge on any atom is -0.474 e. The molecule has 0 heterocycles. The zero-order valence-corrected chi connectivity index (χ0v) is 12.1. The summed E-state index contributed by atoms with van der Waals surface area (Å²) in [7, 11) is 1.53. The predicted octanol–water partition coefficient (Wildman–Crippen LogP) is 3.00. The van der Waals surface area contributed by atoms with Crippen molar-refractivity contribution in [1.82, 2.24) is 5.01 Å². The van der Waals surface area contributed by atoms with Gasteiger partial charge in [0.2, 0.25) is 5.90 Å². The Kier molecular flexibility index (Phi) is 4.98. The fourth-order valence-corrected chi connectivity index (χ4v) is 1.04. The van der Waals surface area contributed by atoms with Gasteiger partial charge in [-0.3, -0.25) is 0 Å². The number of carbonyl (C=O) groups is 1. The van der Waals surface area contributed by atoms with E-state index in [2.05, 4.69) is 5.10 Å². The molecule has 0 unspecified atom stereocenters. The third kappa shape index (κ3) is 8.54. The van der Waals surface area contributed by atoms with Gasteiger partial charge in [0.05, 0.1) is 0 Å².